The first-order chi connectivity index (χ1) is 13.0. The van der Waals surface area contributed by atoms with Crippen LogP contribution in [0.5, 0.6) is 0 Å². The highest BCUT2D eigenvalue weighted by Crippen LogP contribution is 2.21. The average Bonchev–Trinajstić information content (AvgIpc) is 3.21. The van der Waals surface area contributed by atoms with Crippen LogP contribution >= 0.6 is 11.3 Å². The minimum atomic E-state index is -0.0200. The van der Waals surface area contributed by atoms with Gasteiger partial charge in [-0.2, -0.15) is 5.10 Å². The molecule has 3 heterocycles. The van der Waals surface area contributed by atoms with Crippen LogP contribution in [0.4, 0.5) is 9.93 Å². The Morgan fingerprint density at radius 3 is 2.63 bits per heavy atom. The molecule has 2 aromatic heterocycles. The molecule has 1 aliphatic heterocycles. The molecule has 1 fully saturated rings. The number of nitrogens with zero attached hydrogens (tertiary/aromatic N) is 5. The van der Waals surface area contributed by atoms with Crippen molar-refractivity contribution in [1.82, 2.24) is 25.0 Å². The summed E-state index contributed by atoms with van der Waals surface area (Å²) < 4.78 is 7.06. The highest BCUT2D eigenvalue weighted by Gasteiger charge is 2.23. The van der Waals surface area contributed by atoms with Gasteiger partial charge in [-0.1, -0.05) is 0 Å². The maximum Gasteiger partial charge on any atom is 0.317 e. The first-order valence-corrected chi connectivity index (χ1v) is 10.1. The number of urea groups is 1. The van der Waals surface area contributed by atoms with Crippen LogP contribution < -0.4 is 10.2 Å². The Labute approximate surface area is 164 Å². The molecule has 0 radical (unpaired) electrons. The molecular weight excluding hydrogens is 364 g/mol. The van der Waals surface area contributed by atoms with Gasteiger partial charge in [-0.05, 0) is 20.8 Å². The summed E-state index contributed by atoms with van der Waals surface area (Å²) in [7, 11) is 1.68. The molecule has 0 saturated carbocycles. The number of rotatable bonds is 6. The van der Waals surface area contributed by atoms with E-state index in [-0.39, 0.29) is 6.03 Å². The van der Waals surface area contributed by atoms with Crippen molar-refractivity contribution in [2.45, 2.75) is 33.9 Å². The summed E-state index contributed by atoms with van der Waals surface area (Å²) in [5.41, 5.74) is 4.16. The van der Waals surface area contributed by atoms with Gasteiger partial charge in [0, 0.05) is 56.5 Å². The Kier molecular flexibility index (Phi) is 6.33. The van der Waals surface area contributed by atoms with Gasteiger partial charge in [-0.25, -0.2) is 9.78 Å². The Bertz CT molecular complexity index is 779. The minimum Gasteiger partial charge on any atom is -0.383 e. The monoisotopic (exact) mass is 392 g/mol. The van der Waals surface area contributed by atoms with E-state index in [0.717, 1.165) is 47.4 Å². The molecule has 0 aliphatic carbocycles. The summed E-state index contributed by atoms with van der Waals surface area (Å²) in [4.78, 5) is 21.2. The van der Waals surface area contributed by atoms with Gasteiger partial charge in [0.2, 0.25) is 0 Å². The highest BCUT2D eigenvalue weighted by atomic mass is 32.1. The molecule has 1 N–H and O–H groups in total. The molecule has 0 spiro atoms. The number of carbonyl (C=O) groups is 1. The van der Waals surface area contributed by atoms with E-state index < -0.39 is 0 Å². The second-order valence-corrected chi connectivity index (χ2v) is 7.61. The number of aryl methyl sites for hydroxylation is 2. The minimum absolute atomic E-state index is 0.0200. The van der Waals surface area contributed by atoms with Gasteiger partial charge < -0.3 is 19.9 Å². The van der Waals surface area contributed by atoms with Gasteiger partial charge in [-0.3, -0.25) is 4.68 Å². The average molecular weight is 393 g/mol. The van der Waals surface area contributed by atoms with Crippen molar-refractivity contribution in [1.29, 1.82) is 0 Å². The summed E-state index contributed by atoms with van der Waals surface area (Å²) in [6.45, 7) is 10.9. The predicted octanol–water partition coefficient (Wildman–Crippen LogP) is 1.94. The zero-order chi connectivity index (χ0) is 19.4. The number of nitrogens with one attached hydrogen (secondary N) is 1. The molecule has 0 unspecified atom stereocenters. The lowest BCUT2D eigenvalue weighted by molar-refractivity contribution is 0.182. The normalized spacial score (nSPS) is 14.7. The van der Waals surface area contributed by atoms with Crippen LogP contribution in [-0.4, -0.2) is 65.6 Å². The first kappa shape index (κ1) is 19.6. The second-order valence-electron chi connectivity index (χ2n) is 6.77. The van der Waals surface area contributed by atoms with Gasteiger partial charge in [-0.15, -0.1) is 11.3 Å². The van der Waals surface area contributed by atoms with Crippen LogP contribution in [0.15, 0.2) is 5.38 Å². The quantitative estimate of drug-likeness (QED) is 0.813. The fourth-order valence-corrected chi connectivity index (χ4v) is 4.11. The van der Waals surface area contributed by atoms with Crippen molar-refractivity contribution in [2.24, 2.45) is 0 Å². The van der Waals surface area contributed by atoms with E-state index in [0.29, 0.717) is 26.2 Å². The van der Waals surface area contributed by atoms with E-state index in [1.165, 1.54) is 0 Å². The van der Waals surface area contributed by atoms with E-state index in [9.17, 15) is 4.79 Å². The second kappa shape index (κ2) is 8.71. The fourth-order valence-electron chi connectivity index (χ4n) is 3.25. The van der Waals surface area contributed by atoms with Crippen molar-refractivity contribution >= 4 is 22.5 Å². The maximum atomic E-state index is 12.6. The van der Waals surface area contributed by atoms with Crippen molar-refractivity contribution in [3.63, 3.8) is 0 Å². The lowest BCUT2D eigenvalue weighted by atomic mass is 10.2. The van der Waals surface area contributed by atoms with Crippen molar-refractivity contribution in [3.05, 3.63) is 28.0 Å². The molecular formula is C18H28N6O2S. The maximum absolute atomic E-state index is 12.6. The molecule has 148 valence electrons. The van der Waals surface area contributed by atoms with Crippen LogP contribution in [0.3, 0.4) is 0 Å². The summed E-state index contributed by atoms with van der Waals surface area (Å²) in [5.74, 6) is 0. The van der Waals surface area contributed by atoms with Gasteiger partial charge in [0.25, 0.3) is 0 Å². The number of hydrogen-bond donors (Lipinski definition) is 1. The van der Waals surface area contributed by atoms with E-state index in [1.54, 1.807) is 18.4 Å². The number of methoxy groups -OCH3 is 1. The van der Waals surface area contributed by atoms with E-state index in [4.69, 9.17) is 4.74 Å². The number of piperazine rings is 1. The van der Waals surface area contributed by atoms with Crippen LogP contribution in [-0.2, 0) is 17.8 Å². The third kappa shape index (κ3) is 4.59. The van der Waals surface area contributed by atoms with Crippen LogP contribution in [0, 0.1) is 20.8 Å². The molecule has 2 aromatic rings. The summed E-state index contributed by atoms with van der Waals surface area (Å²) in [5, 5.41) is 10.7. The number of aromatic nitrogens is 3. The van der Waals surface area contributed by atoms with Gasteiger partial charge >= 0.3 is 6.03 Å². The largest absolute Gasteiger partial charge is 0.383 e. The third-order valence-corrected chi connectivity index (χ3v) is 5.92. The topological polar surface area (TPSA) is 75.5 Å². The van der Waals surface area contributed by atoms with Crippen LogP contribution in [0.1, 0.15) is 22.6 Å². The number of carbonyl (C=O) groups excluding carboxylic acids is 1. The van der Waals surface area contributed by atoms with Crippen molar-refractivity contribution in [2.75, 3.05) is 44.8 Å². The molecule has 0 atom stereocenters. The van der Waals surface area contributed by atoms with Gasteiger partial charge in [0.15, 0.2) is 5.13 Å². The van der Waals surface area contributed by atoms with Crippen molar-refractivity contribution in [3.8, 4) is 0 Å². The summed E-state index contributed by atoms with van der Waals surface area (Å²) in [6.07, 6.45) is 0. The van der Waals surface area contributed by atoms with Crippen LogP contribution in [0.2, 0.25) is 0 Å². The summed E-state index contributed by atoms with van der Waals surface area (Å²) in [6, 6.07) is -0.0200. The summed E-state index contributed by atoms with van der Waals surface area (Å²) >= 11 is 1.66. The van der Waals surface area contributed by atoms with E-state index in [1.807, 2.05) is 30.4 Å². The number of thiazole rings is 1. The SMILES string of the molecule is COCCn1nc(C)c(CNC(=O)N2CCN(c3nc(C)cs3)CC2)c1C. The molecule has 1 saturated heterocycles. The fraction of sp³-hybridized carbons (Fsp3) is 0.611. The Hall–Kier alpha value is -2.13. The van der Waals surface area contributed by atoms with Crippen molar-refractivity contribution < 1.29 is 9.53 Å². The standard InChI is InChI=1S/C18H28N6O2S/c1-13-12-27-18(20-13)23-7-5-22(6-8-23)17(25)19-11-16-14(2)21-24(15(16)3)9-10-26-4/h12H,5-11H2,1-4H3,(H,19,25). The Balaban J connectivity index is 1.51. The van der Waals surface area contributed by atoms with Gasteiger partial charge in [0.1, 0.15) is 0 Å². The van der Waals surface area contributed by atoms with E-state index >= 15 is 0 Å². The lowest BCUT2D eigenvalue weighted by Crippen LogP contribution is -2.51. The molecule has 2 amide bonds. The van der Waals surface area contributed by atoms with Crippen LogP contribution in [0.25, 0.3) is 0 Å². The van der Waals surface area contributed by atoms with E-state index in [2.05, 4.69) is 25.7 Å². The molecule has 0 bridgehead atoms. The zero-order valence-corrected chi connectivity index (χ0v) is 17.3. The molecule has 3 rings (SSSR count). The number of ether oxygens (including phenoxy) is 1. The molecule has 9 heteroatoms. The third-order valence-electron chi connectivity index (χ3n) is 4.90. The predicted molar refractivity (Wildman–Crippen MR) is 106 cm³/mol. The number of anilines is 1. The van der Waals surface area contributed by atoms with Gasteiger partial charge in [0.05, 0.1) is 24.5 Å². The molecule has 8 nitrogen and oxygen atoms in total. The smallest absolute Gasteiger partial charge is 0.317 e. The Morgan fingerprint density at radius 1 is 1.26 bits per heavy atom. The number of hydrogen-bond acceptors (Lipinski definition) is 6. The Morgan fingerprint density at radius 2 is 2.00 bits per heavy atom. The first-order valence-electron chi connectivity index (χ1n) is 9.21. The zero-order valence-electron chi connectivity index (χ0n) is 16.5. The molecule has 0 aromatic carbocycles. The molecule has 1 aliphatic rings. The number of amides is 2. The lowest BCUT2D eigenvalue weighted by Gasteiger charge is -2.34. The molecule has 27 heavy (non-hydrogen) atoms. The highest BCUT2D eigenvalue weighted by molar-refractivity contribution is 7.13.